The third-order valence-corrected chi connectivity index (χ3v) is 4.31. The molecule has 1 aliphatic heterocycles. The van der Waals surface area contributed by atoms with Crippen LogP contribution in [0, 0.1) is 0 Å². The fraction of sp³-hybridized carbons (Fsp3) is 0.500. The summed E-state index contributed by atoms with van der Waals surface area (Å²) < 4.78 is 5.37. The first-order chi connectivity index (χ1) is 13.0. The predicted molar refractivity (Wildman–Crippen MR) is 106 cm³/mol. The molecule has 3 amide bonds. The summed E-state index contributed by atoms with van der Waals surface area (Å²) in [6.07, 6.45) is -0.593. The van der Waals surface area contributed by atoms with Crippen LogP contribution in [0.2, 0.25) is 0 Å². The molecule has 0 saturated heterocycles. The van der Waals surface area contributed by atoms with Crippen LogP contribution in [0.5, 0.6) is 0 Å². The van der Waals surface area contributed by atoms with Crippen LogP contribution >= 0.6 is 0 Å². The van der Waals surface area contributed by atoms with Gasteiger partial charge in [-0.3, -0.25) is 19.4 Å². The quantitative estimate of drug-likeness (QED) is 0.792. The molecule has 8 heteroatoms. The number of carbonyl (C=O) groups excluding carboxylic acids is 3. The van der Waals surface area contributed by atoms with Gasteiger partial charge in [0.2, 0.25) is 11.9 Å². The molecule has 0 N–H and O–H groups in total. The fourth-order valence-electron chi connectivity index (χ4n) is 2.73. The Bertz CT molecular complexity index is 770. The van der Waals surface area contributed by atoms with Gasteiger partial charge in [-0.2, -0.15) is 4.99 Å². The van der Waals surface area contributed by atoms with E-state index in [0.29, 0.717) is 6.54 Å². The van der Waals surface area contributed by atoms with Crippen molar-refractivity contribution in [2.45, 2.75) is 45.9 Å². The third kappa shape index (κ3) is 5.31. The van der Waals surface area contributed by atoms with E-state index in [1.807, 2.05) is 35.2 Å². The average Bonchev–Trinajstić information content (AvgIpc) is 2.61. The number of nitrogens with zero attached hydrogens (tertiary/aromatic N) is 4. The average molecular weight is 388 g/mol. The van der Waals surface area contributed by atoms with Crippen molar-refractivity contribution in [3.8, 4) is 0 Å². The maximum absolute atomic E-state index is 12.6. The summed E-state index contributed by atoms with van der Waals surface area (Å²) in [4.78, 5) is 45.4. The standard InChI is InChI=1S/C20H28N4O4/c1-14(25)22(5)18-21-17(26)16(23(6)19(27)28-20(2,3)4)13-24(18)12-15-10-8-7-9-11-15/h7-11,16H,12-13H2,1-6H3. The largest absolute Gasteiger partial charge is 0.444 e. The van der Waals surface area contributed by atoms with Gasteiger partial charge in [0, 0.05) is 27.6 Å². The second-order valence-corrected chi connectivity index (χ2v) is 7.80. The van der Waals surface area contributed by atoms with Gasteiger partial charge in [0.05, 0.1) is 6.54 Å². The van der Waals surface area contributed by atoms with Gasteiger partial charge in [-0.05, 0) is 26.3 Å². The van der Waals surface area contributed by atoms with Gasteiger partial charge < -0.3 is 9.64 Å². The third-order valence-electron chi connectivity index (χ3n) is 4.31. The number of guanidine groups is 1. The molecular weight excluding hydrogens is 360 g/mol. The zero-order valence-corrected chi connectivity index (χ0v) is 17.3. The molecule has 0 aliphatic carbocycles. The Labute approximate surface area is 165 Å². The van der Waals surface area contributed by atoms with Gasteiger partial charge >= 0.3 is 6.09 Å². The number of hydrogen-bond donors (Lipinski definition) is 0. The number of likely N-dealkylation sites (N-methyl/N-ethyl adjacent to an activating group) is 1. The maximum Gasteiger partial charge on any atom is 0.410 e. The van der Waals surface area contributed by atoms with E-state index in [0.717, 1.165) is 5.56 Å². The normalized spacial score (nSPS) is 17.1. The summed E-state index contributed by atoms with van der Waals surface area (Å²) in [6, 6.07) is 8.85. The second-order valence-electron chi connectivity index (χ2n) is 7.80. The Hall–Kier alpha value is -2.90. The Morgan fingerprint density at radius 3 is 2.36 bits per heavy atom. The lowest BCUT2D eigenvalue weighted by molar-refractivity contribution is -0.126. The van der Waals surface area contributed by atoms with Crippen molar-refractivity contribution in [1.82, 2.24) is 14.7 Å². The van der Waals surface area contributed by atoms with Crippen molar-refractivity contribution < 1.29 is 19.1 Å². The number of carbonyl (C=O) groups is 3. The first-order valence-corrected chi connectivity index (χ1v) is 9.11. The predicted octanol–water partition coefficient (Wildman–Crippen LogP) is 2.10. The molecule has 1 aromatic rings. The lowest BCUT2D eigenvalue weighted by Gasteiger charge is -2.39. The molecular formula is C20H28N4O4. The van der Waals surface area contributed by atoms with E-state index in [4.69, 9.17) is 4.74 Å². The summed E-state index contributed by atoms with van der Waals surface area (Å²) in [6.45, 7) is 7.36. The molecule has 1 aliphatic rings. The van der Waals surface area contributed by atoms with E-state index in [9.17, 15) is 14.4 Å². The molecule has 152 valence electrons. The van der Waals surface area contributed by atoms with Gasteiger partial charge in [-0.25, -0.2) is 4.79 Å². The fourth-order valence-corrected chi connectivity index (χ4v) is 2.73. The minimum atomic E-state index is -0.803. The first-order valence-electron chi connectivity index (χ1n) is 9.11. The first kappa shape index (κ1) is 21.4. The van der Waals surface area contributed by atoms with Crippen molar-refractivity contribution >= 4 is 23.9 Å². The molecule has 0 radical (unpaired) electrons. The molecule has 1 heterocycles. The van der Waals surface area contributed by atoms with Crippen LogP contribution < -0.4 is 0 Å². The van der Waals surface area contributed by atoms with E-state index < -0.39 is 23.6 Å². The monoisotopic (exact) mass is 388 g/mol. The molecule has 8 nitrogen and oxygen atoms in total. The number of aliphatic imine (C=N–C) groups is 1. The van der Waals surface area contributed by atoms with Crippen LogP contribution in [0.1, 0.15) is 33.3 Å². The molecule has 1 aromatic carbocycles. The number of hydrogen-bond acceptors (Lipinski definition) is 5. The van der Waals surface area contributed by atoms with E-state index in [-0.39, 0.29) is 18.4 Å². The number of benzene rings is 1. The Morgan fingerprint density at radius 1 is 1.21 bits per heavy atom. The molecule has 0 saturated carbocycles. The summed E-state index contributed by atoms with van der Waals surface area (Å²) in [5.41, 5.74) is 0.330. The SMILES string of the molecule is CC(=O)N(C)C1=NC(=O)C(N(C)C(=O)OC(C)(C)C)CN1Cc1ccccc1. The highest BCUT2D eigenvalue weighted by Crippen LogP contribution is 2.18. The molecule has 0 fully saturated rings. The Kier molecular flexibility index (Phi) is 6.43. The Balaban J connectivity index is 2.30. The van der Waals surface area contributed by atoms with Crippen LogP contribution in [0.25, 0.3) is 0 Å². The van der Waals surface area contributed by atoms with Crippen molar-refractivity contribution in [2.24, 2.45) is 4.99 Å². The van der Waals surface area contributed by atoms with Crippen molar-refractivity contribution in [3.05, 3.63) is 35.9 Å². The zero-order chi connectivity index (χ0) is 21.1. The van der Waals surface area contributed by atoms with Crippen LogP contribution in [0.4, 0.5) is 4.79 Å². The molecule has 0 aromatic heterocycles. The van der Waals surface area contributed by atoms with E-state index in [1.165, 1.54) is 23.8 Å². The smallest absolute Gasteiger partial charge is 0.410 e. The molecule has 1 atom stereocenters. The van der Waals surface area contributed by atoms with E-state index in [2.05, 4.69) is 4.99 Å². The van der Waals surface area contributed by atoms with Gasteiger partial charge in [0.1, 0.15) is 11.6 Å². The van der Waals surface area contributed by atoms with Crippen LogP contribution in [-0.2, 0) is 20.9 Å². The minimum Gasteiger partial charge on any atom is -0.444 e. The molecule has 0 bridgehead atoms. The summed E-state index contributed by atoms with van der Waals surface area (Å²) in [5, 5.41) is 0. The zero-order valence-electron chi connectivity index (χ0n) is 17.3. The summed E-state index contributed by atoms with van der Waals surface area (Å²) in [7, 11) is 3.09. The molecule has 28 heavy (non-hydrogen) atoms. The number of rotatable bonds is 3. The lowest BCUT2D eigenvalue weighted by atomic mass is 10.1. The Morgan fingerprint density at radius 2 is 1.82 bits per heavy atom. The van der Waals surface area contributed by atoms with Crippen molar-refractivity contribution in [1.29, 1.82) is 0 Å². The van der Waals surface area contributed by atoms with E-state index >= 15 is 0 Å². The van der Waals surface area contributed by atoms with Gasteiger partial charge in [-0.15, -0.1) is 0 Å². The van der Waals surface area contributed by atoms with E-state index in [1.54, 1.807) is 27.8 Å². The lowest BCUT2D eigenvalue weighted by Crippen LogP contribution is -2.57. The minimum absolute atomic E-state index is 0.208. The van der Waals surface area contributed by atoms with Gasteiger partial charge in [0.25, 0.3) is 5.91 Å². The summed E-state index contributed by atoms with van der Waals surface area (Å²) >= 11 is 0. The molecule has 2 rings (SSSR count). The highest BCUT2D eigenvalue weighted by Gasteiger charge is 2.37. The molecule has 1 unspecified atom stereocenters. The highest BCUT2D eigenvalue weighted by atomic mass is 16.6. The van der Waals surface area contributed by atoms with Crippen molar-refractivity contribution in [2.75, 3.05) is 20.6 Å². The van der Waals surface area contributed by atoms with Crippen LogP contribution in [0.15, 0.2) is 35.3 Å². The van der Waals surface area contributed by atoms with Gasteiger partial charge in [-0.1, -0.05) is 30.3 Å². The number of amides is 3. The number of ether oxygens (including phenoxy) is 1. The topological polar surface area (TPSA) is 82.5 Å². The maximum atomic E-state index is 12.6. The summed E-state index contributed by atoms with van der Waals surface area (Å²) in [5.74, 6) is -0.445. The highest BCUT2D eigenvalue weighted by molar-refractivity contribution is 6.04. The van der Waals surface area contributed by atoms with Gasteiger partial charge in [0.15, 0.2) is 0 Å². The van der Waals surface area contributed by atoms with Crippen LogP contribution in [-0.4, -0.2) is 70.8 Å². The van der Waals surface area contributed by atoms with Crippen molar-refractivity contribution in [3.63, 3.8) is 0 Å². The van der Waals surface area contributed by atoms with Crippen LogP contribution in [0.3, 0.4) is 0 Å². The molecule has 0 spiro atoms. The second kappa shape index (κ2) is 8.41.